The van der Waals surface area contributed by atoms with Crippen LogP contribution in [0.25, 0.3) is 0 Å². The summed E-state index contributed by atoms with van der Waals surface area (Å²) in [5, 5.41) is 0. The van der Waals surface area contributed by atoms with E-state index >= 15 is 0 Å². The summed E-state index contributed by atoms with van der Waals surface area (Å²) in [5.74, 6) is 1.47. The molecule has 1 heteroatoms. The Hall–Kier alpha value is -0.980. The van der Waals surface area contributed by atoms with Gasteiger partial charge in [0.1, 0.15) is 5.76 Å². The molecule has 0 aliphatic carbocycles. The third-order valence-corrected chi connectivity index (χ3v) is 2.03. The predicted molar refractivity (Wildman–Crippen MR) is 47.2 cm³/mol. The summed E-state index contributed by atoms with van der Waals surface area (Å²) in [4.78, 5) is 0. The van der Waals surface area contributed by atoms with Gasteiger partial charge in [0.2, 0.25) is 0 Å². The quantitative estimate of drug-likeness (QED) is 0.588. The second kappa shape index (κ2) is 3.42. The number of ether oxygens (including phenoxy) is 1. The van der Waals surface area contributed by atoms with Gasteiger partial charge in [-0.2, -0.15) is 0 Å². The van der Waals surface area contributed by atoms with E-state index in [1.165, 1.54) is 5.57 Å². The normalized spacial score (nSPS) is 24.3. The summed E-state index contributed by atoms with van der Waals surface area (Å²) in [5.41, 5.74) is 1.19. The molecule has 0 bridgehead atoms. The maximum Gasteiger partial charge on any atom is 0.122 e. The van der Waals surface area contributed by atoms with Crippen LogP contribution in [0.3, 0.4) is 0 Å². The van der Waals surface area contributed by atoms with Gasteiger partial charge >= 0.3 is 0 Å². The Balaban J connectivity index is 2.94. The van der Waals surface area contributed by atoms with Crippen molar-refractivity contribution in [2.24, 2.45) is 5.92 Å². The van der Waals surface area contributed by atoms with Crippen LogP contribution in [-0.4, -0.2) is 6.61 Å². The molecular weight excluding hydrogens is 136 g/mol. The van der Waals surface area contributed by atoms with Crippen molar-refractivity contribution >= 4 is 0 Å². The van der Waals surface area contributed by atoms with E-state index in [9.17, 15) is 0 Å². The van der Waals surface area contributed by atoms with Crippen LogP contribution < -0.4 is 0 Å². The van der Waals surface area contributed by atoms with E-state index in [1.54, 1.807) is 6.08 Å². The zero-order valence-corrected chi connectivity index (χ0v) is 6.97. The molecule has 0 N–H and O–H groups in total. The van der Waals surface area contributed by atoms with Crippen LogP contribution >= 0.6 is 0 Å². The van der Waals surface area contributed by atoms with E-state index in [0.29, 0.717) is 5.92 Å². The highest BCUT2D eigenvalue weighted by Crippen LogP contribution is 2.25. The number of rotatable bonds is 2. The van der Waals surface area contributed by atoms with Crippen molar-refractivity contribution in [3.8, 4) is 0 Å². The van der Waals surface area contributed by atoms with Crippen molar-refractivity contribution in [1.29, 1.82) is 0 Å². The van der Waals surface area contributed by atoms with E-state index in [-0.39, 0.29) is 0 Å². The lowest BCUT2D eigenvalue weighted by Gasteiger charge is -2.22. The summed E-state index contributed by atoms with van der Waals surface area (Å²) in [6.45, 7) is 10.4. The molecule has 0 fully saturated rings. The minimum atomic E-state index is 0.564. The molecule has 0 spiro atoms. The molecule has 1 aliphatic heterocycles. The predicted octanol–water partition coefficient (Wildman–Crippen LogP) is 2.67. The van der Waals surface area contributed by atoms with Crippen molar-refractivity contribution in [3.05, 3.63) is 36.6 Å². The van der Waals surface area contributed by atoms with Gasteiger partial charge in [0.25, 0.3) is 0 Å². The Bertz CT molecular complexity index is 201. The van der Waals surface area contributed by atoms with Crippen molar-refractivity contribution < 1.29 is 4.74 Å². The van der Waals surface area contributed by atoms with Crippen LogP contribution in [0.15, 0.2) is 36.6 Å². The zero-order chi connectivity index (χ0) is 8.27. The fourth-order valence-electron chi connectivity index (χ4n) is 1.31. The standard InChI is InChI=1S/C10H14O/c1-4-9-8(3)6-7-11-10(9)5-2/h4-5,8H,1-2,6-7H2,3H3. The van der Waals surface area contributed by atoms with E-state index in [1.807, 2.05) is 6.08 Å². The topological polar surface area (TPSA) is 9.23 Å². The highest BCUT2D eigenvalue weighted by atomic mass is 16.5. The Kier molecular flexibility index (Phi) is 2.53. The van der Waals surface area contributed by atoms with E-state index in [0.717, 1.165) is 18.8 Å². The Morgan fingerprint density at radius 1 is 1.45 bits per heavy atom. The van der Waals surface area contributed by atoms with E-state index in [2.05, 4.69) is 20.1 Å². The van der Waals surface area contributed by atoms with E-state index in [4.69, 9.17) is 4.74 Å². The third kappa shape index (κ3) is 1.53. The fraction of sp³-hybridized carbons (Fsp3) is 0.400. The summed E-state index contributed by atoms with van der Waals surface area (Å²) in [6.07, 6.45) is 4.70. The Morgan fingerprint density at radius 3 is 2.64 bits per heavy atom. The molecule has 0 amide bonds. The van der Waals surface area contributed by atoms with Gasteiger partial charge in [-0.1, -0.05) is 26.2 Å². The maximum absolute atomic E-state index is 5.39. The number of hydrogen-bond acceptors (Lipinski definition) is 1. The monoisotopic (exact) mass is 150 g/mol. The molecule has 0 aromatic heterocycles. The molecule has 0 aromatic carbocycles. The van der Waals surface area contributed by atoms with Crippen LogP contribution in [0.5, 0.6) is 0 Å². The molecule has 1 atom stereocenters. The largest absolute Gasteiger partial charge is 0.493 e. The molecular formula is C10H14O. The molecule has 1 aliphatic rings. The summed E-state index contributed by atoms with van der Waals surface area (Å²) >= 11 is 0. The molecule has 1 heterocycles. The lowest BCUT2D eigenvalue weighted by molar-refractivity contribution is 0.183. The van der Waals surface area contributed by atoms with Gasteiger partial charge in [-0.3, -0.25) is 0 Å². The smallest absolute Gasteiger partial charge is 0.122 e. The van der Waals surface area contributed by atoms with Crippen molar-refractivity contribution in [3.63, 3.8) is 0 Å². The van der Waals surface area contributed by atoms with Crippen molar-refractivity contribution in [2.75, 3.05) is 6.61 Å². The summed E-state index contributed by atoms with van der Waals surface area (Å²) in [7, 11) is 0. The molecule has 0 saturated heterocycles. The second-order valence-corrected chi connectivity index (χ2v) is 2.77. The molecule has 1 rings (SSSR count). The van der Waals surface area contributed by atoms with Crippen molar-refractivity contribution in [2.45, 2.75) is 13.3 Å². The minimum absolute atomic E-state index is 0.564. The van der Waals surface area contributed by atoms with Gasteiger partial charge in [-0.05, 0) is 24.0 Å². The Labute approximate surface area is 68.1 Å². The fourth-order valence-corrected chi connectivity index (χ4v) is 1.31. The van der Waals surface area contributed by atoms with Gasteiger partial charge in [-0.25, -0.2) is 0 Å². The highest BCUT2D eigenvalue weighted by Gasteiger charge is 2.15. The molecule has 1 unspecified atom stereocenters. The molecule has 60 valence electrons. The number of hydrogen-bond donors (Lipinski definition) is 0. The van der Waals surface area contributed by atoms with Gasteiger partial charge < -0.3 is 4.74 Å². The van der Waals surface area contributed by atoms with Gasteiger partial charge in [0, 0.05) is 0 Å². The Morgan fingerprint density at radius 2 is 2.18 bits per heavy atom. The van der Waals surface area contributed by atoms with E-state index < -0.39 is 0 Å². The molecule has 0 saturated carbocycles. The zero-order valence-electron chi connectivity index (χ0n) is 6.97. The first-order valence-corrected chi connectivity index (χ1v) is 3.91. The first kappa shape index (κ1) is 8.12. The molecule has 0 aromatic rings. The first-order chi connectivity index (χ1) is 5.29. The number of allylic oxidation sites excluding steroid dienone is 3. The van der Waals surface area contributed by atoms with Crippen LogP contribution in [0.4, 0.5) is 0 Å². The average molecular weight is 150 g/mol. The molecule has 0 radical (unpaired) electrons. The van der Waals surface area contributed by atoms with Gasteiger partial charge in [0.05, 0.1) is 6.61 Å². The lowest BCUT2D eigenvalue weighted by Crippen LogP contribution is -2.12. The van der Waals surface area contributed by atoms with Crippen LogP contribution in [-0.2, 0) is 4.74 Å². The SMILES string of the molecule is C=CC1=C(C=C)C(C)CCO1. The highest BCUT2D eigenvalue weighted by molar-refractivity contribution is 5.30. The van der Waals surface area contributed by atoms with Crippen LogP contribution in [0, 0.1) is 5.92 Å². The summed E-state index contributed by atoms with van der Waals surface area (Å²) < 4.78 is 5.39. The van der Waals surface area contributed by atoms with Crippen LogP contribution in [0.2, 0.25) is 0 Å². The third-order valence-electron chi connectivity index (χ3n) is 2.03. The second-order valence-electron chi connectivity index (χ2n) is 2.77. The van der Waals surface area contributed by atoms with Crippen molar-refractivity contribution in [1.82, 2.24) is 0 Å². The van der Waals surface area contributed by atoms with Crippen LogP contribution in [0.1, 0.15) is 13.3 Å². The lowest BCUT2D eigenvalue weighted by atomic mass is 9.95. The average Bonchev–Trinajstić information content (AvgIpc) is 2.04. The first-order valence-electron chi connectivity index (χ1n) is 3.91. The minimum Gasteiger partial charge on any atom is -0.493 e. The maximum atomic E-state index is 5.39. The van der Waals surface area contributed by atoms with Gasteiger partial charge in [0.15, 0.2) is 0 Å². The molecule has 11 heavy (non-hydrogen) atoms. The molecule has 1 nitrogen and oxygen atoms in total. The summed E-state index contributed by atoms with van der Waals surface area (Å²) in [6, 6.07) is 0. The van der Waals surface area contributed by atoms with Gasteiger partial charge in [-0.15, -0.1) is 0 Å².